The van der Waals surface area contributed by atoms with E-state index < -0.39 is 6.03 Å². The van der Waals surface area contributed by atoms with Gasteiger partial charge in [0, 0.05) is 6.54 Å². The van der Waals surface area contributed by atoms with Gasteiger partial charge in [0.1, 0.15) is 12.4 Å². The minimum absolute atomic E-state index is 0. The molecular formula is C29H38BrN3O2. The van der Waals surface area contributed by atoms with Gasteiger partial charge in [-0.3, -0.25) is 0 Å². The number of carbonyl (C=O) groups excluding carboxylic acids is 1. The van der Waals surface area contributed by atoms with Gasteiger partial charge >= 0.3 is 6.03 Å². The van der Waals surface area contributed by atoms with E-state index in [1.807, 2.05) is 42.5 Å². The van der Waals surface area contributed by atoms with E-state index in [2.05, 4.69) is 53.5 Å². The summed E-state index contributed by atoms with van der Waals surface area (Å²) in [6, 6.07) is 26.0. The fraction of sp³-hybridized carbons (Fsp3) is 0.345. The molecule has 0 aliphatic rings. The van der Waals surface area contributed by atoms with Crippen LogP contribution >= 0.6 is 17.0 Å². The Morgan fingerprint density at radius 1 is 0.829 bits per heavy atom. The predicted molar refractivity (Wildman–Crippen MR) is 151 cm³/mol. The van der Waals surface area contributed by atoms with Crippen LogP contribution in [0, 0.1) is 0 Å². The Balaban J connectivity index is 0.00000432. The molecule has 3 N–H and O–H groups in total. The van der Waals surface area contributed by atoms with Crippen molar-refractivity contribution in [3.05, 3.63) is 95.6 Å². The summed E-state index contributed by atoms with van der Waals surface area (Å²) in [4.78, 5) is 14.1. The standard InChI is InChI=1S/C29H37N3O2.BrH/c1-2-19-32(20-10-9-13-24-11-5-3-6-12-24)21-18-25-16-17-28(27(22-25)31-29(30)33)34-23-26-14-7-4-8-15-26;/h3-8,11-12,14-17,22H,2,9-10,13,18-21,23H2,1H3,(H3,30,31,33);1H. The van der Waals surface area contributed by atoms with Crippen molar-refractivity contribution in [2.45, 2.75) is 45.6 Å². The third kappa shape index (κ3) is 10.5. The summed E-state index contributed by atoms with van der Waals surface area (Å²) < 4.78 is 5.96. The summed E-state index contributed by atoms with van der Waals surface area (Å²) in [5.41, 5.74) is 9.66. The SMILES string of the molecule is Br.CCCN(CCCCc1ccccc1)CCc1ccc(OCc2ccccc2)c(NC(N)=O)c1. The topological polar surface area (TPSA) is 67.6 Å². The number of hydrogen-bond acceptors (Lipinski definition) is 3. The number of rotatable bonds is 14. The Bertz CT molecular complexity index is 999. The quantitative estimate of drug-likeness (QED) is 0.226. The van der Waals surface area contributed by atoms with Crippen LogP contribution in [0.5, 0.6) is 5.75 Å². The molecule has 0 saturated heterocycles. The summed E-state index contributed by atoms with van der Waals surface area (Å²) in [6.45, 7) is 5.84. The summed E-state index contributed by atoms with van der Waals surface area (Å²) in [7, 11) is 0. The van der Waals surface area contributed by atoms with Gasteiger partial charge in [-0.15, -0.1) is 17.0 Å². The Hall–Kier alpha value is -2.83. The number of amides is 2. The lowest BCUT2D eigenvalue weighted by Gasteiger charge is -2.22. The highest BCUT2D eigenvalue weighted by molar-refractivity contribution is 8.93. The summed E-state index contributed by atoms with van der Waals surface area (Å²) in [5.74, 6) is 0.623. The second kappa shape index (κ2) is 16.0. The number of unbranched alkanes of at least 4 members (excludes halogenated alkanes) is 1. The van der Waals surface area contributed by atoms with Gasteiger partial charge in [0.15, 0.2) is 0 Å². The van der Waals surface area contributed by atoms with Gasteiger partial charge in [-0.25, -0.2) is 4.79 Å². The van der Waals surface area contributed by atoms with Gasteiger partial charge in [-0.05, 0) is 74.0 Å². The van der Waals surface area contributed by atoms with E-state index in [0.29, 0.717) is 18.0 Å². The number of benzene rings is 3. The van der Waals surface area contributed by atoms with Crippen LogP contribution in [0.15, 0.2) is 78.9 Å². The number of nitrogens with one attached hydrogen (secondary N) is 1. The second-order valence-corrected chi connectivity index (χ2v) is 8.63. The van der Waals surface area contributed by atoms with Gasteiger partial charge in [0.05, 0.1) is 5.69 Å². The zero-order valence-electron chi connectivity index (χ0n) is 20.6. The largest absolute Gasteiger partial charge is 0.487 e. The molecule has 2 amide bonds. The molecule has 5 nitrogen and oxygen atoms in total. The number of hydrogen-bond donors (Lipinski definition) is 2. The van der Waals surface area contributed by atoms with Gasteiger partial charge in [0.25, 0.3) is 0 Å². The Kier molecular flexibility index (Phi) is 12.9. The summed E-state index contributed by atoms with van der Waals surface area (Å²) in [6.07, 6.45) is 5.57. The van der Waals surface area contributed by atoms with Crippen molar-refractivity contribution >= 4 is 28.7 Å². The maximum absolute atomic E-state index is 11.6. The maximum atomic E-state index is 11.6. The van der Waals surface area contributed by atoms with E-state index in [1.165, 1.54) is 18.4 Å². The molecule has 0 spiro atoms. The lowest BCUT2D eigenvalue weighted by atomic mass is 10.1. The highest BCUT2D eigenvalue weighted by Gasteiger charge is 2.10. The molecule has 0 fully saturated rings. The van der Waals surface area contributed by atoms with Crippen LogP contribution < -0.4 is 15.8 Å². The van der Waals surface area contributed by atoms with Crippen LogP contribution in [-0.2, 0) is 19.4 Å². The Morgan fingerprint density at radius 3 is 2.17 bits per heavy atom. The molecule has 3 aromatic carbocycles. The molecular weight excluding hydrogens is 502 g/mol. The number of anilines is 1. The van der Waals surface area contributed by atoms with E-state index >= 15 is 0 Å². The molecule has 0 aromatic heterocycles. The fourth-order valence-electron chi connectivity index (χ4n) is 4.07. The van der Waals surface area contributed by atoms with Crippen molar-refractivity contribution in [3.8, 4) is 5.75 Å². The molecule has 188 valence electrons. The first kappa shape index (κ1) is 28.4. The predicted octanol–water partition coefficient (Wildman–Crippen LogP) is 6.61. The number of nitrogens with zero attached hydrogens (tertiary/aromatic N) is 1. The van der Waals surface area contributed by atoms with Crippen molar-refractivity contribution in [3.63, 3.8) is 0 Å². The lowest BCUT2D eigenvalue weighted by molar-refractivity contribution is 0.259. The van der Waals surface area contributed by atoms with Crippen molar-refractivity contribution in [1.29, 1.82) is 0 Å². The van der Waals surface area contributed by atoms with E-state index in [1.54, 1.807) is 0 Å². The van der Waals surface area contributed by atoms with Gasteiger partial charge in [-0.2, -0.15) is 0 Å². The maximum Gasteiger partial charge on any atom is 0.316 e. The average molecular weight is 541 g/mol. The third-order valence-electron chi connectivity index (χ3n) is 5.83. The van der Waals surface area contributed by atoms with Crippen molar-refractivity contribution in [2.75, 3.05) is 25.0 Å². The molecule has 0 aliphatic heterocycles. The molecule has 0 heterocycles. The number of halogens is 1. The van der Waals surface area contributed by atoms with Crippen molar-refractivity contribution in [1.82, 2.24) is 4.90 Å². The zero-order valence-corrected chi connectivity index (χ0v) is 22.3. The highest BCUT2D eigenvalue weighted by Crippen LogP contribution is 2.27. The molecule has 35 heavy (non-hydrogen) atoms. The lowest BCUT2D eigenvalue weighted by Crippen LogP contribution is -2.28. The van der Waals surface area contributed by atoms with Crippen LogP contribution in [0.4, 0.5) is 10.5 Å². The van der Waals surface area contributed by atoms with E-state index in [4.69, 9.17) is 10.5 Å². The number of carbonyl (C=O) groups is 1. The van der Waals surface area contributed by atoms with Crippen LogP contribution in [0.25, 0.3) is 0 Å². The number of aryl methyl sites for hydroxylation is 1. The van der Waals surface area contributed by atoms with E-state index in [9.17, 15) is 4.79 Å². The first-order valence-corrected chi connectivity index (χ1v) is 12.3. The zero-order chi connectivity index (χ0) is 24.0. The molecule has 0 bridgehead atoms. The Morgan fingerprint density at radius 2 is 1.51 bits per heavy atom. The second-order valence-electron chi connectivity index (χ2n) is 8.63. The Labute approximate surface area is 220 Å². The number of ether oxygens (including phenoxy) is 1. The fourth-order valence-corrected chi connectivity index (χ4v) is 4.07. The smallest absolute Gasteiger partial charge is 0.316 e. The minimum atomic E-state index is -0.590. The van der Waals surface area contributed by atoms with E-state index in [-0.39, 0.29) is 17.0 Å². The van der Waals surface area contributed by atoms with E-state index in [0.717, 1.165) is 50.0 Å². The van der Waals surface area contributed by atoms with Crippen LogP contribution in [0.2, 0.25) is 0 Å². The van der Waals surface area contributed by atoms with Crippen molar-refractivity contribution in [2.24, 2.45) is 5.73 Å². The van der Waals surface area contributed by atoms with Crippen molar-refractivity contribution < 1.29 is 9.53 Å². The first-order chi connectivity index (χ1) is 16.6. The number of primary amides is 1. The monoisotopic (exact) mass is 539 g/mol. The number of urea groups is 1. The molecule has 0 saturated carbocycles. The van der Waals surface area contributed by atoms with Crippen LogP contribution in [0.3, 0.4) is 0 Å². The molecule has 0 unspecified atom stereocenters. The first-order valence-electron chi connectivity index (χ1n) is 12.3. The molecule has 0 aliphatic carbocycles. The van der Waals surface area contributed by atoms with Gasteiger partial charge in [0.2, 0.25) is 0 Å². The average Bonchev–Trinajstić information content (AvgIpc) is 2.85. The molecule has 3 aromatic rings. The van der Waals surface area contributed by atoms with Crippen LogP contribution in [0.1, 0.15) is 42.9 Å². The van der Waals surface area contributed by atoms with Gasteiger partial charge < -0.3 is 20.7 Å². The molecule has 3 rings (SSSR count). The summed E-state index contributed by atoms with van der Waals surface area (Å²) >= 11 is 0. The third-order valence-corrected chi connectivity index (χ3v) is 5.83. The van der Waals surface area contributed by atoms with Gasteiger partial charge in [-0.1, -0.05) is 73.7 Å². The minimum Gasteiger partial charge on any atom is -0.487 e. The molecule has 0 atom stereocenters. The number of nitrogens with two attached hydrogens (primary N) is 1. The molecule has 0 radical (unpaired) electrons. The van der Waals surface area contributed by atoms with Crippen LogP contribution in [-0.4, -0.2) is 30.6 Å². The normalized spacial score (nSPS) is 10.6. The summed E-state index contributed by atoms with van der Waals surface area (Å²) in [5, 5.41) is 2.72. The molecule has 6 heteroatoms. The highest BCUT2D eigenvalue weighted by atomic mass is 79.9.